The molecule has 64 valence electrons. The Balaban J connectivity index is 2.17. The molecule has 1 heterocycles. The van der Waals surface area contributed by atoms with Crippen LogP contribution in [0.1, 0.15) is 12.8 Å². The highest BCUT2D eigenvalue weighted by Crippen LogP contribution is 2.05. The van der Waals surface area contributed by atoms with Gasteiger partial charge in [0.25, 0.3) is 0 Å². The molecule has 0 amide bonds. The number of hydrogen-bond donors (Lipinski definition) is 1. The van der Waals surface area contributed by atoms with Crippen LogP contribution in [0.3, 0.4) is 0 Å². The second kappa shape index (κ2) is 4.31. The highest BCUT2D eigenvalue weighted by atomic mass is 16.7. The van der Waals surface area contributed by atoms with E-state index in [2.05, 4.69) is 10.1 Å². The Labute approximate surface area is 65.9 Å². The first kappa shape index (κ1) is 8.49. The third-order valence-electron chi connectivity index (χ3n) is 1.66. The van der Waals surface area contributed by atoms with Gasteiger partial charge >= 0.3 is 5.97 Å². The average Bonchev–Trinajstić information content (AvgIpc) is 2.52. The van der Waals surface area contributed by atoms with Gasteiger partial charge in [-0.15, -0.1) is 0 Å². The molecule has 1 aliphatic rings. The van der Waals surface area contributed by atoms with Gasteiger partial charge in [-0.2, -0.15) is 0 Å². The number of methoxy groups -OCH3 is 1. The van der Waals surface area contributed by atoms with Gasteiger partial charge in [-0.1, -0.05) is 0 Å². The number of carbonyl (C=O) groups excluding carboxylic acids is 1. The molecular weight excluding hydrogens is 146 g/mol. The molecule has 1 saturated heterocycles. The van der Waals surface area contributed by atoms with Gasteiger partial charge in [0.15, 0.2) is 6.79 Å². The van der Waals surface area contributed by atoms with Crippen molar-refractivity contribution in [1.29, 1.82) is 0 Å². The van der Waals surface area contributed by atoms with Gasteiger partial charge in [-0.3, -0.25) is 4.79 Å². The monoisotopic (exact) mass is 159 g/mol. The van der Waals surface area contributed by atoms with Crippen molar-refractivity contribution in [2.75, 3.05) is 20.4 Å². The van der Waals surface area contributed by atoms with E-state index in [1.165, 1.54) is 7.11 Å². The zero-order valence-electron chi connectivity index (χ0n) is 6.63. The summed E-state index contributed by atoms with van der Waals surface area (Å²) in [7, 11) is 1.50. The zero-order valence-corrected chi connectivity index (χ0v) is 6.63. The summed E-state index contributed by atoms with van der Waals surface area (Å²) >= 11 is 0. The molecule has 0 spiro atoms. The predicted octanol–water partition coefficient (Wildman–Crippen LogP) is -0.114. The predicted molar refractivity (Wildman–Crippen MR) is 39.0 cm³/mol. The molecule has 11 heavy (non-hydrogen) atoms. The largest absolute Gasteiger partial charge is 0.437 e. The van der Waals surface area contributed by atoms with E-state index in [4.69, 9.17) is 4.74 Å². The SMILES string of the molecule is COCOC(=O)C1CCCN1. The van der Waals surface area contributed by atoms with Gasteiger partial charge < -0.3 is 14.8 Å². The fourth-order valence-electron chi connectivity index (χ4n) is 1.10. The molecule has 0 aromatic heterocycles. The summed E-state index contributed by atoms with van der Waals surface area (Å²) in [6.07, 6.45) is 1.93. The second-order valence-corrected chi connectivity index (χ2v) is 2.52. The Morgan fingerprint density at radius 1 is 1.73 bits per heavy atom. The molecule has 0 aromatic rings. The Morgan fingerprint density at radius 3 is 3.09 bits per heavy atom. The molecule has 1 N–H and O–H groups in total. The molecule has 1 atom stereocenters. The molecule has 1 rings (SSSR count). The molecule has 1 aliphatic heterocycles. The third-order valence-corrected chi connectivity index (χ3v) is 1.66. The van der Waals surface area contributed by atoms with Gasteiger partial charge in [0.2, 0.25) is 0 Å². The number of carbonyl (C=O) groups is 1. The molecule has 0 aliphatic carbocycles. The summed E-state index contributed by atoms with van der Waals surface area (Å²) < 4.78 is 9.35. The number of nitrogens with one attached hydrogen (secondary N) is 1. The molecule has 4 heteroatoms. The fourth-order valence-corrected chi connectivity index (χ4v) is 1.10. The van der Waals surface area contributed by atoms with E-state index >= 15 is 0 Å². The summed E-state index contributed by atoms with van der Waals surface area (Å²) in [6, 6.07) is -0.106. The molecule has 0 aromatic carbocycles. The lowest BCUT2D eigenvalue weighted by Gasteiger charge is -2.08. The van der Waals surface area contributed by atoms with Crippen molar-refractivity contribution >= 4 is 5.97 Å². The van der Waals surface area contributed by atoms with Crippen LogP contribution in [0, 0.1) is 0 Å². The number of hydrogen-bond acceptors (Lipinski definition) is 4. The smallest absolute Gasteiger partial charge is 0.325 e. The van der Waals surface area contributed by atoms with Gasteiger partial charge in [0.1, 0.15) is 6.04 Å². The maximum atomic E-state index is 11.0. The van der Waals surface area contributed by atoms with E-state index in [9.17, 15) is 4.79 Å². The molecule has 1 fully saturated rings. The van der Waals surface area contributed by atoms with E-state index in [0.717, 1.165) is 19.4 Å². The lowest BCUT2D eigenvalue weighted by Crippen LogP contribution is -2.32. The van der Waals surface area contributed by atoms with Crippen LogP contribution >= 0.6 is 0 Å². The van der Waals surface area contributed by atoms with E-state index in [-0.39, 0.29) is 18.8 Å². The van der Waals surface area contributed by atoms with E-state index in [1.807, 2.05) is 0 Å². The van der Waals surface area contributed by atoms with Crippen molar-refractivity contribution in [2.24, 2.45) is 0 Å². The Bertz CT molecular complexity index is 132. The van der Waals surface area contributed by atoms with Gasteiger partial charge in [-0.05, 0) is 19.4 Å². The Hall–Kier alpha value is -0.610. The van der Waals surface area contributed by atoms with Crippen LogP contribution in [-0.4, -0.2) is 32.5 Å². The maximum absolute atomic E-state index is 11.0. The minimum absolute atomic E-state index is 0.0526. The van der Waals surface area contributed by atoms with Crippen LogP contribution < -0.4 is 5.32 Å². The maximum Gasteiger partial charge on any atom is 0.325 e. The molecule has 4 nitrogen and oxygen atoms in total. The van der Waals surface area contributed by atoms with Crippen molar-refractivity contribution in [3.05, 3.63) is 0 Å². The van der Waals surface area contributed by atoms with Crippen molar-refractivity contribution in [3.63, 3.8) is 0 Å². The highest BCUT2D eigenvalue weighted by Gasteiger charge is 2.22. The first-order valence-electron chi connectivity index (χ1n) is 3.73. The Kier molecular flexibility index (Phi) is 3.32. The normalized spacial score (nSPS) is 23.5. The summed E-state index contributed by atoms with van der Waals surface area (Å²) in [4.78, 5) is 11.0. The zero-order chi connectivity index (χ0) is 8.10. The molecule has 1 unspecified atom stereocenters. The molecule has 0 saturated carbocycles. The van der Waals surface area contributed by atoms with Crippen LogP contribution in [0.15, 0.2) is 0 Å². The minimum atomic E-state index is -0.204. The third kappa shape index (κ3) is 2.48. The second-order valence-electron chi connectivity index (χ2n) is 2.52. The first-order chi connectivity index (χ1) is 5.34. The van der Waals surface area contributed by atoms with E-state index in [1.54, 1.807) is 0 Å². The first-order valence-corrected chi connectivity index (χ1v) is 3.73. The van der Waals surface area contributed by atoms with Crippen LogP contribution in [0.2, 0.25) is 0 Å². The molecule has 0 bridgehead atoms. The summed E-state index contributed by atoms with van der Waals surface area (Å²) in [5.74, 6) is -0.204. The quantitative estimate of drug-likeness (QED) is 0.461. The van der Waals surface area contributed by atoms with Crippen molar-refractivity contribution in [2.45, 2.75) is 18.9 Å². The van der Waals surface area contributed by atoms with Gasteiger partial charge in [0, 0.05) is 7.11 Å². The fraction of sp³-hybridized carbons (Fsp3) is 0.857. The number of rotatable bonds is 3. The molecule has 0 radical (unpaired) electrons. The van der Waals surface area contributed by atoms with Gasteiger partial charge in [-0.25, -0.2) is 0 Å². The summed E-state index contributed by atoms with van der Waals surface area (Å²) in [5, 5.41) is 3.04. The van der Waals surface area contributed by atoms with Crippen LogP contribution in [0.4, 0.5) is 0 Å². The van der Waals surface area contributed by atoms with Crippen LogP contribution in [-0.2, 0) is 14.3 Å². The number of ether oxygens (including phenoxy) is 2. The van der Waals surface area contributed by atoms with Crippen molar-refractivity contribution < 1.29 is 14.3 Å². The lowest BCUT2D eigenvalue weighted by atomic mass is 10.2. The van der Waals surface area contributed by atoms with Crippen LogP contribution in [0.5, 0.6) is 0 Å². The van der Waals surface area contributed by atoms with Crippen molar-refractivity contribution in [1.82, 2.24) is 5.32 Å². The summed E-state index contributed by atoms with van der Waals surface area (Å²) in [5.41, 5.74) is 0. The van der Waals surface area contributed by atoms with Gasteiger partial charge in [0.05, 0.1) is 0 Å². The standard InChI is InChI=1S/C7H13NO3/c1-10-5-11-7(9)6-3-2-4-8-6/h6,8H,2-5H2,1H3. The highest BCUT2D eigenvalue weighted by molar-refractivity contribution is 5.75. The summed E-state index contributed by atoms with van der Waals surface area (Å²) in [6.45, 7) is 0.962. The topological polar surface area (TPSA) is 47.6 Å². The van der Waals surface area contributed by atoms with Crippen molar-refractivity contribution in [3.8, 4) is 0 Å². The Morgan fingerprint density at radius 2 is 2.55 bits per heavy atom. The lowest BCUT2D eigenvalue weighted by molar-refractivity contribution is -0.156. The molecular formula is C7H13NO3. The number of esters is 1. The van der Waals surface area contributed by atoms with Crippen LogP contribution in [0.25, 0.3) is 0 Å². The average molecular weight is 159 g/mol. The van der Waals surface area contributed by atoms with E-state index in [0.29, 0.717) is 0 Å². The van der Waals surface area contributed by atoms with E-state index < -0.39 is 0 Å². The minimum Gasteiger partial charge on any atom is -0.437 e.